The third-order valence-electron chi connectivity index (χ3n) is 4.54. The standard InChI is InChI=1S/C24H20O3/c1-2-26-19-14-12-17(13-15-19)16-21-23(25)20-10-6-7-11-22(20)27-24(21)18-8-4-3-5-9-18/h3-16,24H,2H2,1H3/b21-16-. The molecule has 1 unspecified atom stereocenters. The van der Waals surface area contributed by atoms with Gasteiger partial charge in [0.1, 0.15) is 11.5 Å². The fourth-order valence-electron chi connectivity index (χ4n) is 3.25. The summed E-state index contributed by atoms with van der Waals surface area (Å²) >= 11 is 0. The molecule has 0 aromatic heterocycles. The van der Waals surface area contributed by atoms with Crippen molar-refractivity contribution in [1.29, 1.82) is 0 Å². The van der Waals surface area contributed by atoms with Gasteiger partial charge in [-0.1, -0.05) is 54.6 Å². The van der Waals surface area contributed by atoms with Crippen molar-refractivity contribution in [3.63, 3.8) is 0 Å². The molecule has 0 N–H and O–H groups in total. The highest BCUT2D eigenvalue weighted by molar-refractivity contribution is 6.14. The van der Waals surface area contributed by atoms with Gasteiger partial charge in [0.25, 0.3) is 0 Å². The molecule has 1 aliphatic rings. The molecule has 4 rings (SSSR count). The van der Waals surface area contributed by atoms with Crippen LogP contribution < -0.4 is 9.47 Å². The molecule has 134 valence electrons. The molecule has 0 aliphatic carbocycles. The highest BCUT2D eigenvalue weighted by Crippen LogP contribution is 2.39. The van der Waals surface area contributed by atoms with Crippen molar-refractivity contribution in [2.45, 2.75) is 13.0 Å². The minimum atomic E-state index is -0.430. The summed E-state index contributed by atoms with van der Waals surface area (Å²) in [5.74, 6) is 1.44. The van der Waals surface area contributed by atoms with E-state index in [-0.39, 0.29) is 5.78 Å². The molecule has 0 radical (unpaired) electrons. The molecule has 0 spiro atoms. The summed E-state index contributed by atoms with van der Waals surface area (Å²) in [5.41, 5.74) is 3.12. The maximum Gasteiger partial charge on any atom is 0.196 e. The van der Waals surface area contributed by atoms with Crippen LogP contribution in [0.25, 0.3) is 6.08 Å². The Morgan fingerprint density at radius 3 is 2.37 bits per heavy atom. The summed E-state index contributed by atoms with van der Waals surface area (Å²) < 4.78 is 11.7. The van der Waals surface area contributed by atoms with Crippen LogP contribution in [0.1, 0.15) is 34.5 Å². The van der Waals surface area contributed by atoms with Crippen LogP contribution >= 0.6 is 0 Å². The molecular weight excluding hydrogens is 336 g/mol. The van der Waals surface area contributed by atoms with E-state index in [1.807, 2.05) is 91.9 Å². The zero-order valence-electron chi connectivity index (χ0n) is 15.1. The minimum absolute atomic E-state index is 0.000382. The number of carbonyl (C=O) groups excluding carboxylic acids is 1. The predicted molar refractivity (Wildman–Crippen MR) is 106 cm³/mol. The number of rotatable bonds is 4. The molecule has 0 amide bonds. The first-order chi connectivity index (χ1) is 13.3. The van der Waals surface area contributed by atoms with Crippen molar-refractivity contribution < 1.29 is 14.3 Å². The van der Waals surface area contributed by atoms with Gasteiger partial charge in [0.2, 0.25) is 0 Å². The van der Waals surface area contributed by atoms with Crippen LogP contribution in [-0.4, -0.2) is 12.4 Å². The number of carbonyl (C=O) groups is 1. The van der Waals surface area contributed by atoms with E-state index in [1.54, 1.807) is 0 Å². The molecule has 1 heterocycles. The fourth-order valence-corrected chi connectivity index (χ4v) is 3.25. The highest BCUT2D eigenvalue weighted by Gasteiger charge is 2.32. The lowest BCUT2D eigenvalue weighted by Crippen LogP contribution is -2.23. The number of ether oxygens (including phenoxy) is 2. The van der Waals surface area contributed by atoms with E-state index in [0.29, 0.717) is 23.5 Å². The Hall–Kier alpha value is -3.33. The van der Waals surface area contributed by atoms with Gasteiger partial charge < -0.3 is 9.47 Å². The maximum atomic E-state index is 13.2. The van der Waals surface area contributed by atoms with Gasteiger partial charge in [-0.15, -0.1) is 0 Å². The van der Waals surface area contributed by atoms with Crippen molar-refractivity contribution in [2.75, 3.05) is 6.61 Å². The van der Waals surface area contributed by atoms with Crippen LogP contribution in [0.2, 0.25) is 0 Å². The van der Waals surface area contributed by atoms with Gasteiger partial charge >= 0.3 is 0 Å². The smallest absolute Gasteiger partial charge is 0.196 e. The van der Waals surface area contributed by atoms with E-state index in [4.69, 9.17) is 9.47 Å². The predicted octanol–water partition coefficient (Wildman–Crippen LogP) is 5.49. The van der Waals surface area contributed by atoms with Gasteiger partial charge in [0, 0.05) is 5.57 Å². The van der Waals surface area contributed by atoms with Crippen molar-refractivity contribution in [3.8, 4) is 11.5 Å². The van der Waals surface area contributed by atoms with Crippen molar-refractivity contribution in [1.82, 2.24) is 0 Å². The summed E-state index contributed by atoms with van der Waals surface area (Å²) in [6.07, 6.45) is 1.48. The number of Topliss-reactive ketones (excluding diaryl/α,β-unsaturated/α-hetero) is 1. The van der Waals surface area contributed by atoms with E-state index in [0.717, 1.165) is 16.9 Å². The lowest BCUT2D eigenvalue weighted by atomic mass is 9.89. The molecule has 3 heteroatoms. The van der Waals surface area contributed by atoms with Crippen LogP contribution in [0, 0.1) is 0 Å². The molecule has 3 aromatic rings. The summed E-state index contributed by atoms with van der Waals surface area (Å²) in [7, 11) is 0. The molecule has 0 fully saturated rings. The minimum Gasteiger partial charge on any atom is -0.494 e. The van der Waals surface area contributed by atoms with Gasteiger partial charge in [-0.3, -0.25) is 4.79 Å². The monoisotopic (exact) mass is 356 g/mol. The quantitative estimate of drug-likeness (QED) is 0.580. The molecule has 3 aromatic carbocycles. The zero-order chi connectivity index (χ0) is 18.6. The third-order valence-corrected chi connectivity index (χ3v) is 4.54. The van der Waals surface area contributed by atoms with Crippen molar-refractivity contribution in [3.05, 3.63) is 101 Å². The molecule has 0 saturated heterocycles. The Morgan fingerprint density at radius 2 is 1.63 bits per heavy atom. The number of para-hydroxylation sites is 1. The van der Waals surface area contributed by atoms with Gasteiger partial charge in [0.15, 0.2) is 11.9 Å². The first-order valence-corrected chi connectivity index (χ1v) is 9.06. The normalized spacial score (nSPS) is 17.3. The van der Waals surface area contributed by atoms with Gasteiger partial charge in [-0.2, -0.15) is 0 Å². The van der Waals surface area contributed by atoms with E-state index < -0.39 is 6.10 Å². The first-order valence-electron chi connectivity index (χ1n) is 9.06. The summed E-state index contributed by atoms with van der Waals surface area (Å²) in [5, 5.41) is 0. The number of benzene rings is 3. The molecule has 27 heavy (non-hydrogen) atoms. The van der Waals surface area contributed by atoms with Crippen LogP contribution in [-0.2, 0) is 0 Å². The Kier molecular flexibility index (Phi) is 4.75. The van der Waals surface area contributed by atoms with Crippen LogP contribution in [0.4, 0.5) is 0 Å². The summed E-state index contributed by atoms with van der Waals surface area (Å²) in [6, 6.07) is 25.0. The average Bonchev–Trinajstić information content (AvgIpc) is 2.72. The largest absolute Gasteiger partial charge is 0.494 e. The number of hydrogen-bond donors (Lipinski definition) is 0. The molecule has 1 aliphatic heterocycles. The first kappa shape index (κ1) is 17.1. The van der Waals surface area contributed by atoms with Crippen LogP contribution in [0.15, 0.2) is 84.4 Å². The second-order valence-corrected chi connectivity index (χ2v) is 6.34. The van der Waals surface area contributed by atoms with E-state index in [9.17, 15) is 4.79 Å². The van der Waals surface area contributed by atoms with Gasteiger partial charge in [-0.05, 0) is 48.4 Å². The number of fused-ring (bicyclic) bond motifs is 1. The fraction of sp³-hybridized carbons (Fsp3) is 0.125. The van der Waals surface area contributed by atoms with Gasteiger partial charge in [-0.25, -0.2) is 0 Å². The molecule has 1 atom stereocenters. The number of hydrogen-bond acceptors (Lipinski definition) is 3. The Labute approximate surface area is 158 Å². The molecule has 3 nitrogen and oxygen atoms in total. The van der Waals surface area contributed by atoms with E-state index >= 15 is 0 Å². The van der Waals surface area contributed by atoms with Crippen molar-refractivity contribution in [2.24, 2.45) is 0 Å². The van der Waals surface area contributed by atoms with E-state index in [1.165, 1.54) is 0 Å². The van der Waals surface area contributed by atoms with E-state index in [2.05, 4.69) is 0 Å². The Morgan fingerprint density at radius 1 is 0.926 bits per heavy atom. The Balaban J connectivity index is 1.78. The van der Waals surface area contributed by atoms with Crippen LogP contribution in [0.3, 0.4) is 0 Å². The zero-order valence-corrected chi connectivity index (χ0v) is 15.1. The highest BCUT2D eigenvalue weighted by atomic mass is 16.5. The lowest BCUT2D eigenvalue weighted by molar-refractivity contribution is 0.0963. The maximum absolute atomic E-state index is 13.2. The summed E-state index contributed by atoms with van der Waals surface area (Å²) in [6.45, 7) is 2.58. The van der Waals surface area contributed by atoms with Crippen LogP contribution in [0.5, 0.6) is 11.5 Å². The van der Waals surface area contributed by atoms with Crippen molar-refractivity contribution >= 4 is 11.9 Å². The lowest BCUT2D eigenvalue weighted by Gasteiger charge is -2.28. The SMILES string of the molecule is CCOc1ccc(/C=C2/C(=O)c3ccccc3OC2c2ccccc2)cc1. The Bertz CT molecular complexity index is 972. The molecular formula is C24H20O3. The summed E-state index contributed by atoms with van der Waals surface area (Å²) in [4.78, 5) is 13.2. The second kappa shape index (κ2) is 7.50. The molecule has 0 bridgehead atoms. The molecule has 0 saturated carbocycles. The average molecular weight is 356 g/mol. The second-order valence-electron chi connectivity index (χ2n) is 6.34. The number of ketones is 1. The topological polar surface area (TPSA) is 35.5 Å². The third kappa shape index (κ3) is 3.49. The van der Waals surface area contributed by atoms with Gasteiger partial charge in [0.05, 0.1) is 12.2 Å².